The van der Waals surface area contributed by atoms with E-state index in [1.54, 1.807) is 24.3 Å². The summed E-state index contributed by atoms with van der Waals surface area (Å²) in [6.07, 6.45) is 5.89. The molecule has 0 bridgehead atoms. The first-order chi connectivity index (χ1) is 9.74. The second kappa shape index (κ2) is 5.65. The van der Waals surface area contributed by atoms with Gasteiger partial charge in [0.15, 0.2) is 0 Å². The van der Waals surface area contributed by atoms with Crippen LogP contribution < -0.4 is 0 Å². The van der Waals surface area contributed by atoms with Crippen LogP contribution in [0, 0.1) is 0 Å². The average Bonchev–Trinajstić information content (AvgIpc) is 2.37. The van der Waals surface area contributed by atoms with Gasteiger partial charge in [0.1, 0.15) is 12.2 Å². The Morgan fingerprint density at radius 3 is 1.50 bits per heavy atom. The number of carbonyl (C=O) groups excluding carboxylic acids is 2. The quantitative estimate of drug-likeness (QED) is 0.792. The smallest absolute Gasteiger partial charge is 0.339 e. The third-order valence-corrected chi connectivity index (χ3v) is 4.02. The molecule has 2 saturated carbocycles. The Kier molecular flexibility index (Phi) is 3.72. The second-order valence-corrected chi connectivity index (χ2v) is 5.46. The molecule has 4 nitrogen and oxygen atoms in total. The van der Waals surface area contributed by atoms with Crippen LogP contribution in [0.5, 0.6) is 0 Å². The molecular weight excluding hydrogens is 256 g/mol. The van der Waals surface area contributed by atoms with Crippen LogP contribution in [0.15, 0.2) is 24.3 Å². The zero-order valence-electron chi connectivity index (χ0n) is 11.3. The number of benzene rings is 1. The second-order valence-electron chi connectivity index (χ2n) is 5.46. The monoisotopic (exact) mass is 274 g/mol. The zero-order valence-corrected chi connectivity index (χ0v) is 11.3. The van der Waals surface area contributed by atoms with Gasteiger partial charge in [-0.3, -0.25) is 0 Å². The molecule has 0 N–H and O–H groups in total. The van der Waals surface area contributed by atoms with Gasteiger partial charge in [0, 0.05) is 0 Å². The minimum Gasteiger partial charge on any atom is -0.459 e. The van der Waals surface area contributed by atoms with Crippen molar-refractivity contribution in [2.75, 3.05) is 0 Å². The summed E-state index contributed by atoms with van der Waals surface area (Å²) in [5.41, 5.74) is 0.618. The van der Waals surface area contributed by atoms with Crippen molar-refractivity contribution in [2.45, 2.75) is 50.7 Å². The predicted octanol–water partition coefficient (Wildman–Crippen LogP) is 3.11. The van der Waals surface area contributed by atoms with Crippen LogP contribution in [-0.2, 0) is 9.47 Å². The molecule has 20 heavy (non-hydrogen) atoms. The molecule has 2 fully saturated rings. The van der Waals surface area contributed by atoms with E-state index < -0.39 is 11.9 Å². The van der Waals surface area contributed by atoms with Crippen LogP contribution in [0.2, 0.25) is 0 Å². The van der Waals surface area contributed by atoms with Gasteiger partial charge in [-0.25, -0.2) is 9.59 Å². The number of hydrogen-bond acceptors (Lipinski definition) is 4. The summed E-state index contributed by atoms with van der Waals surface area (Å²) in [5, 5.41) is 0. The number of esters is 2. The first-order valence-electron chi connectivity index (χ1n) is 7.25. The van der Waals surface area contributed by atoms with E-state index in [4.69, 9.17) is 9.47 Å². The summed E-state index contributed by atoms with van der Waals surface area (Å²) in [5.74, 6) is -0.841. The molecule has 0 saturated heterocycles. The van der Waals surface area contributed by atoms with Crippen molar-refractivity contribution < 1.29 is 19.1 Å². The number of rotatable bonds is 4. The predicted molar refractivity (Wildman–Crippen MR) is 72.6 cm³/mol. The maximum atomic E-state index is 12.1. The van der Waals surface area contributed by atoms with E-state index in [0.29, 0.717) is 11.1 Å². The lowest BCUT2D eigenvalue weighted by atomic mass is 9.95. The van der Waals surface area contributed by atoms with Gasteiger partial charge in [-0.05, 0) is 50.7 Å². The van der Waals surface area contributed by atoms with Crippen molar-refractivity contribution >= 4 is 11.9 Å². The van der Waals surface area contributed by atoms with Gasteiger partial charge in [0.2, 0.25) is 0 Å². The lowest BCUT2D eigenvalue weighted by Gasteiger charge is -2.26. The molecule has 0 aromatic heterocycles. The zero-order chi connectivity index (χ0) is 13.9. The highest BCUT2D eigenvalue weighted by molar-refractivity contribution is 6.03. The van der Waals surface area contributed by atoms with Crippen molar-refractivity contribution in [1.82, 2.24) is 0 Å². The standard InChI is InChI=1S/C16H18O4/c17-15(19-11-5-3-6-11)13-9-1-2-10-14(13)16(18)20-12-7-4-8-12/h1-2,9-12H,3-8H2. The topological polar surface area (TPSA) is 52.6 Å². The van der Waals surface area contributed by atoms with Gasteiger partial charge >= 0.3 is 11.9 Å². The lowest BCUT2D eigenvalue weighted by Crippen LogP contribution is -2.28. The summed E-state index contributed by atoms with van der Waals surface area (Å²) >= 11 is 0. The molecule has 0 heterocycles. The molecule has 0 unspecified atom stereocenters. The van der Waals surface area contributed by atoms with Crippen LogP contribution in [-0.4, -0.2) is 24.1 Å². The molecule has 3 rings (SSSR count). The molecule has 0 spiro atoms. The first kappa shape index (κ1) is 13.2. The Morgan fingerprint density at radius 2 is 1.20 bits per heavy atom. The Labute approximate surface area is 118 Å². The molecule has 0 atom stereocenters. The van der Waals surface area contributed by atoms with E-state index in [9.17, 15) is 9.59 Å². The summed E-state index contributed by atoms with van der Waals surface area (Å²) < 4.78 is 10.7. The third kappa shape index (κ3) is 2.69. The molecule has 1 aromatic carbocycles. The van der Waals surface area contributed by atoms with E-state index in [2.05, 4.69) is 0 Å². The van der Waals surface area contributed by atoms with Crippen molar-refractivity contribution in [1.29, 1.82) is 0 Å². The summed E-state index contributed by atoms with van der Waals surface area (Å²) in [4.78, 5) is 24.2. The fourth-order valence-electron chi connectivity index (χ4n) is 2.25. The Morgan fingerprint density at radius 1 is 0.800 bits per heavy atom. The minimum absolute atomic E-state index is 0.0122. The number of ether oxygens (including phenoxy) is 2. The highest BCUT2D eigenvalue weighted by Gasteiger charge is 2.27. The van der Waals surface area contributed by atoms with Gasteiger partial charge in [-0.15, -0.1) is 0 Å². The fourth-order valence-corrected chi connectivity index (χ4v) is 2.25. The molecule has 0 amide bonds. The highest BCUT2D eigenvalue weighted by Crippen LogP contribution is 2.26. The van der Waals surface area contributed by atoms with Crippen LogP contribution in [0.1, 0.15) is 59.2 Å². The summed E-state index contributed by atoms with van der Waals surface area (Å²) in [6, 6.07) is 6.71. The Hall–Kier alpha value is -1.84. The molecule has 2 aliphatic carbocycles. The molecule has 0 aliphatic heterocycles. The maximum Gasteiger partial charge on any atom is 0.339 e. The SMILES string of the molecule is O=C(OC1CCC1)c1ccccc1C(=O)OC1CCC1. The minimum atomic E-state index is -0.421. The van der Waals surface area contributed by atoms with Crippen LogP contribution in [0.25, 0.3) is 0 Å². The van der Waals surface area contributed by atoms with Gasteiger partial charge < -0.3 is 9.47 Å². The molecule has 2 aliphatic rings. The van der Waals surface area contributed by atoms with Crippen molar-refractivity contribution in [3.8, 4) is 0 Å². The lowest BCUT2D eigenvalue weighted by molar-refractivity contribution is 0.00445. The Bertz CT molecular complexity index is 468. The molecular formula is C16H18O4. The van der Waals surface area contributed by atoms with E-state index in [0.717, 1.165) is 38.5 Å². The van der Waals surface area contributed by atoms with Gasteiger partial charge in [0.05, 0.1) is 11.1 Å². The third-order valence-electron chi connectivity index (χ3n) is 4.02. The molecule has 106 valence electrons. The summed E-state index contributed by atoms with van der Waals surface area (Å²) in [7, 11) is 0. The van der Waals surface area contributed by atoms with Crippen LogP contribution >= 0.6 is 0 Å². The summed E-state index contributed by atoms with van der Waals surface area (Å²) in [6.45, 7) is 0. The number of carbonyl (C=O) groups is 2. The van der Waals surface area contributed by atoms with Crippen LogP contribution in [0.4, 0.5) is 0 Å². The van der Waals surface area contributed by atoms with Gasteiger partial charge in [-0.2, -0.15) is 0 Å². The average molecular weight is 274 g/mol. The highest BCUT2D eigenvalue weighted by atomic mass is 16.6. The van der Waals surface area contributed by atoms with Crippen molar-refractivity contribution in [3.63, 3.8) is 0 Å². The van der Waals surface area contributed by atoms with Crippen molar-refractivity contribution in [2.24, 2.45) is 0 Å². The van der Waals surface area contributed by atoms with Crippen LogP contribution in [0.3, 0.4) is 0 Å². The van der Waals surface area contributed by atoms with E-state index >= 15 is 0 Å². The largest absolute Gasteiger partial charge is 0.459 e. The van der Waals surface area contributed by atoms with Gasteiger partial charge in [0.25, 0.3) is 0 Å². The normalized spacial score (nSPS) is 18.8. The van der Waals surface area contributed by atoms with E-state index in [-0.39, 0.29) is 12.2 Å². The first-order valence-corrected chi connectivity index (χ1v) is 7.25. The van der Waals surface area contributed by atoms with E-state index in [1.165, 1.54) is 0 Å². The van der Waals surface area contributed by atoms with Crippen molar-refractivity contribution in [3.05, 3.63) is 35.4 Å². The van der Waals surface area contributed by atoms with Gasteiger partial charge in [-0.1, -0.05) is 12.1 Å². The molecule has 1 aromatic rings. The van der Waals surface area contributed by atoms with E-state index in [1.807, 2.05) is 0 Å². The maximum absolute atomic E-state index is 12.1. The number of hydrogen-bond donors (Lipinski definition) is 0. The molecule has 4 heteroatoms. The molecule has 0 radical (unpaired) electrons. The Balaban J connectivity index is 1.72. The fraction of sp³-hybridized carbons (Fsp3) is 0.500.